The molecule has 0 bridgehead atoms. The molecule has 0 amide bonds. The molecule has 1 saturated heterocycles. The Balaban J connectivity index is 1.39. The van der Waals surface area contributed by atoms with E-state index in [9.17, 15) is 40.5 Å². The third kappa shape index (κ3) is 5.18. The number of hydrogen-bond acceptors (Lipinski definition) is 11. The number of fused-ring (bicyclic) bond motifs is 7. The molecule has 6 rings (SSSR count). The van der Waals surface area contributed by atoms with Gasteiger partial charge in [-0.05, 0) is 83.9 Å². The van der Waals surface area contributed by atoms with E-state index in [1.54, 1.807) is 0 Å². The quantitative estimate of drug-likeness (QED) is 0.123. The summed E-state index contributed by atoms with van der Waals surface area (Å²) in [6.45, 7) is 16.0. The number of aliphatic hydroxyl groups is 7. The molecule has 49 heavy (non-hydrogen) atoms. The number of hydrogen-bond donors (Lipinski definition) is 7. The van der Waals surface area contributed by atoms with Crippen molar-refractivity contribution >= 4 is 5.97 Å². The lowest BCUT2D eigenvalue weighted by atomic mass is 9.35. The third-order valence-corrected chi connectivity index (χ3v) is 15.5. The lowest BCUT2D eigenvalue weighted by Crippen LogP contribution is -2.69. The van der Waals surface area contributed by atoms with Crippen LogP contribution < -0.4 is 0 Å². The number of carbonyl (C=O) groups is 1. The van der Waals surface area contributed by atoms with Gasteiger partial charge >= 0.3 is 5.97 Å². The van der Waals surface area contributed by atoms with Gasteiger partial charge in [0.2, 0.25) is 0 Å². The molecule has 4 saturated carbocycles. The van der Waals surface area contributed by atoms with Crippen LogP contribution in [0, 0.1) is 56.7 Å². The van der Waals surface area contributed by atoms with Crippen LogP contribution in [0.4, 0.5) is 0 Å². The monoisotopic (exact) mass is 694 g/mol. The Hall–Kier alpha value is -1.15. The van der Waals surface area contributed by atoms with E-state index in [-0.39, 0.29) is 46.5 Å². The highest BCUT2D eigenvalue weighted by atomic mass is 16.7. The number of esters is 1. The molecule has 7 N–H and O–H groups in total. The molecular weight excluding hydrogens is 632 g/mol. The molecule has 0 unspecified atom stereocenters. The predicted octanol–water partition coefficient (Wildman–Crippen LogP) is 2.30. The SMILES string of the molecule is CC(=O)O[C@@H]1C[C@]2(C)C3=CC[C@]4(C)[C@H]5[C@H](O)C[C@@H](C(C)C)[C@]5(CO)CC[C@@]4(C)[C@@H]3[C@@H](O)C[C@@H]2C(C)(C)[C@H]1O[C@@H]1O[C@H](CO)[C@@H](O)[C@H](O)[C@H]1O. The predicted molar refractivity (Wildman–Crippen MR) is 178 cm³/mol. The first kappa shape index (κ1) is 37.6. The molecule has 280 valence electrons. The summed E-state index contributed by atoms with van der Waals surface area (Å²) in [7, 11) is 0. The van der Waals surface area contributed by atoms with Crippen molar-refractivity contribution in [2.75, 3.05) is 13.2 Å². The molecule has 0 aromatic heterocycles. The largest absolute Gasteiger partial charge is 0.460 e. The average molecular weight is 695 g/mol. The van der Waals surface area contributed by atoms with Crippen LogP contribution in [0.25, 0.3) is 0 Å². The van der Waals surface area contributed by atoms with Crippen molar-refractivity contribution in [3.8, 4) is 0 Å². The number of ether oxygens (including phenoxy) is 3. The highest BCUT2D eigenvalue weighted by molar-refractivity contribution is 5.66. The molecule has 11 heteroatoms. The van der Waals surface area contributed by atoms with Gasteiger partial charge in [-0.25, -0.2) is 0 Å². The van der Waals surface area contributed by atoms with Gasteiger partial charge in [-0.2, -0.15) is 0 Å². The van der Waals surface area contributed by atoms with E-state index in [4.69, 9.17) is 14.2 Å². The first-order chi connectivity index (χ1) is 22.7. The first-order valence-corrected chi connectivity index (χ1v) is 18.6. The molecular formula is C38H62O11. The van der Waals surface area contributed by atoms with Gasteiger partial charge in [-0.3, -0.25) is 4.79 Å². The van der Waals surface area contributed by atoms with Crippen LogP contribution in [-0.2, 0) is 19.0 Å². The Kier molecular flexibility index (Phi) is 9.57. The maximum Gasteiger partial charge on any atom is 0.302 e. The molecule has 5 aliphatic carbocycles. The van der Waals surface area contributed by atoms with Crippen molar-refractivity contribution in [1.29, 1.82) is 0 Å². The fourth-order valence-corrected chi connectivity index (χ4v) is 13.2. The van der Waals surface area contributed by atoms with Crippen LogP contribution in [0.5, 0.6) is 0 Å². The van der Waals surface area contributed by atoms with Crippen molar-refractivity contribution < 1.29 is 54.8 Å². The smallest absolute Gasteiger partial charge is 0.302 e. The maximum absolute atomic E-state index is 12.6. The minimum absolute atomic E-state index is 0.0426. The highest BCUT2D eigenvalue weighted by Crippen LogP contribution is 2.76. The van der Waals surface area contributed by atoms with E-state index in [2.05, 4.69) is 40.7 Å². The van der Waals surface area contributed by atoms with Crippen molar-refractivity contribution in [3.63, 3.8) is 0 Å². The van der Waals surface area contributed by atoms with Gasteiger partial charge in [-0.1, -0.05) is 60.1 Å². The minimum atomic E-state index is -1.62. The van der Waals surface area contributed by atoms with Crippen molar-refractivity contribution in [2.24, 2.45) is 56.7 Å². The number of aliphatic hydroxyl groups excluding tert-OH is 7. The number of carbonyl (C=O) groups excluding carboxylic acids is 1. The molecule has 0 aromatic rings. The van der Waals surface area contributed by atoms with Gasteiger partial charge in [0, 0.05) is 24.9 Å². The maximum atomic E-state index is 12.6. The number of rotatable bonds is 6. The lowest BCUT2D eigenvalue weighted by Gasteiger charge is -2.70. The summed E-state index contributed by atoms with van der Waals surface area (Å²) in [6.07, 6.45) is -4.03. The molecule has 17 atom stereocenters. The molecule has 6 aliphatic rings. The van der Waals surface area contributed by atoms with Gasteiger partial charge in [0.1, 0.15) is 36.6 Å². The second kappa shape index (κ2) is 12.5. The van der Waals surface area contributed by atoms with E-state index in [0.717, 1.165) is 18.4 Å². The van der Waals surface area contributed by atoms with E-state index in [1.165, 1.54) is 6.92 Å². The second-order valence-corrected chi connectivity index (χ2v) is 18.4. The fraction of sp³-hybridized carbons (Fsp3) is 0.921. The van der Waals surface area contributed by atoms with Gasteiger partial charge in [0.15, 0.2) is 6.29 Å². The summed E-state index contributed by atoms with van der Waals surface area (Å²) in [5, 5.41) is 76.6. The summed E-state index contributed by atoms with van der Waals surface area (Å²) in [4.78, 5) is 12.6. The molecule has 5 fully saturated rings. The standard InChI is InChI=1S/C38H62O11/c1-18(2)21-13-23(43)31-37(8)10-9-20-27(36(37,7)11-12-38(21,31)17-40)22(42)14-26-34(4,5)32(24(47-19(3)41)15-35(20,26)6)49-33-30(46)29(45)28(44)25(16-39)48-33/h9,18,21-33,39-40,42-46H,10-17H2,1-8H3/t21-,22-,23+,24+,25+,26+,27-,28+,29-,30+,31+,32-,33-,35+,36-,37+,38+/m0/s1. The van der Waals surface area contributed by atoms with E-state index in [0.29, 0.717) is 31.6 Å². The Morgan fingerprint density at radius 2 is 1.61 bits per heavy atom. The zero-order valence-electron chi connectivity index (χ0n) is 30.6. The van der Waals surface area contributed by atoms with Crippen LogP contribution >= 0.6 is 0 Å². The summed E-state index contributed by atoms with van der Waals surface area (Å²) in [6, 6.07) is 0. The Morgan fingerprint density at radius 1 is 0.939 bits per heavy atom. The summed E-state index contributed by atoms with van der Waals surface area (Å²) in [5.41, 5.74) is -1.22. The molecule has 0 spiro atoms. The van der Waals surface area contributed by atoms with E-state index in [1.807, 2.05) is 13.8 Å². The van der Waals surface area contributed by atoms with Crippen molar-refractivity contribution in [2.45, 2.75) is 149 Å². The Morgan fingerprint density at radius 3 is 2.20 bits per heavy atom. The zero-order chi connectivity index (χ0) is 36.2. The number of allylic oxidation sites excluding steroid dienone is 1. The van der Waals surface area contributed by atoms with Gasteiger partial charge in [0.05, 0.1) is 18.8 Å². The first-order valence-electron chi connectivity index (χ1n) is 18.6. The second-order valence-electron chi connectivity index (χ2n) is 18.4. The van der Waals surface area contributed by atoms with E-state index >= 15 is 0 Å². The van der Waals surface area contributed by atoms with Crippen LogP contribution in [0.2, 0.25) is 0 Å². The summed E-state index contributed by atoms with van der Waals surface area (Å²) < 4.78 is 18.2. The molecule has 11 nitrogen and oxygen atoms in total. The van der Waals surface area contributed by atoms with Crippen molar-refractivity contribution in [1.82, 2.24) is 0 Å². The van der Waals surface area contributed by atoms with Crippen LogP contribution in [0.1, 0.15) is 93.9 Å². The normalized spacial score (nSPS) is 53.6. The lowest BCUT2D eigenvalue weighted by molar-refractivity contribution is -0.337. The molecule has 0 radical (unpaired) electrons. The van der Waals surface area contributed by atoms with Gasteiger partial charge in [0.25, 0.3) is 0 Å². The topological polar surface area (TPSA) is 186 Å². The van der Waals surface area contributed by atoms with Gasteiger partial charge in [-0.15, -0.1) is 0 Å². The van der Waals surface area contributed by atoms with Crippen LogP contribution in [0.15, 0.2) is 11.6 Å². The van der Waals surface area contributed by atoms with Crippen molar-refractivity contribution in [3.05, 3.63) is 11.6 Å². The highest BCUT2D eigenvalue weighted by Gasteiger charge is 2.73. The summed E-state index contributed by atoms with van der Waals surface area (Å²) >= 11 is 0. The summed E-state index contributed by atoms with van der Waals surface area (Å²) in [5.74, 6) is -0.403. The Bertz CT molecular complexity index is 1300. The van der Waals surface area contributed by atoms with Crippen LogP contribution in [-0.4, -0.2) is 110 Å². The molecule has 1 aliphatic heterocycles. The third-order valence-electron chi connectivity index (χ3n) is 15.5. The minimum Gasteiger partial charge on any atom is -0.460 e. The fourth-order valence-electron chi connectivity index (χ4n) is 13.2. The zero-order valence-corrected chi connectivity index (χ0v) is 30.6. The average Bonchev–Trinajstić information content (AvgIpc) is 3.34. The van der Waals surface area contributed by atoms with E-state index < -0.39 is 78.5 Å². The molecule has 0 aromatic carbocycles. The molecule has 1 heterocycles. The van der Waals surface area contributed by atoms with Crippen LogP contribution in [0.3, 0.4) is 0 Å². The Labute approximate surface area is 291 Å². The van der Waals surface area contributed by atoms with Gasteiger partial charge < -0.3 is 50.0 Å².